The Bertz CT molecular complexity index is 981. The molecule has 1 heterocycles. The van der Waals surface area contributed by atoms with Crippen LogP contribution >= 0.6 is 23.2 Å². The van der Waals surface area contributed by atoms with Crippen LogP contribution in [0.3, 0.4) is 0 Å². The number of nitrogens with one attached hydrogen (secondary N) is 2. The Morgan fingerprint density at radius 2 is 1.93 bits per heavy atom. The van der Waals surface area contributed by atoms with Crippen molar-refractivity contribution < 1.29 is 14.3 Å². The van der Waals surface area contributed by atoms with Gasteiger partial charge in [-0.25, -0.2) is 0 Å². The highest BCUT2D eigenvalue weighted by Gasteiger charge is 2.15. The summed E-state index contributed by atoms with van der Waals surface area (Å²) >= 11 is 12.7. The predicted octanol–water partition coefficient (Wildman–Crippen LogP) is 5.82. The third-order valence-electron chi connectivity index (χ3n) is 4.24. The van der Waals surface area contributed by atoms with E-state index in [9.17, 15) is 4.79 Å². The van der Waals surface area contributed by atoms with Crippen LogP contribution in [0.25, 0.3) is 0 Å². The van der Waals surface area contributed by atoms with Gasteiger partial charge >= 0.3 is 0 Å². The molecule has 1 amide bonds. The quantitative estimate of drug-likeness (QED) is 0.491. The third-order valence-corrected chi connectivity index (χ3v) is 4.81. The molecular weight excluding hydrogens is 413 g/mol. The highest BCUT2D eigenvalue weighted by molar-refractivity contribution is 6.37. The number of amides is 1. The van der Waals surface area contributed by atoms with Crippen molar-refractivity contribution in [1.82, 2.24) is 10.2 Å². The fourth-order valence-electron chi connectivity index (χ4n) is 2.84. The van der Waals surface area contributed by atoms with Crippen LogP contribution in [0, 0.1) is 0 Å². The summed E-state index contributed by atoms with van der Waals surface area (Å²) < 4.78 is 11.3. The molecule has 8 heteroatoms. The van der Waals surface area contributed by atoms with Crippen molar-refractivity contribution in [3.05, 3.63) is 63.9 Å². The molecule has 0 aliphatic heterocycles. The monoisotopic (exact) mass is 433 g/mol. The Labute approximate surface area is 179 Å². The van der Waals surface area contributed by atoms with E-state index in [1.807, 2.05) is 12.1 Å². The summed E-state index contributed by atoms with van der Waals surface area (Å²) in [5.74, 6) is 1.76. The zero-order valence-electron chi connectivity index (χ0n) is 16.3. The maximum atomic E-state index is 12.2. The molecule has 2 aromatic carbocycles. The number of benzene rings is 2. The van der Waals surface area contributed by atoms with Gasteiger partial charge in [-0.15, -0.1) is 0 Å². The number of halogens is 2. The topological polar surface area (TPSA) is 76.2 Å². The molecule has 0 radical (unpaired) electrons. The van der Waals surface area contributed by atoms with Crippen LogP contribution in [0.2, 0.25) is 10.0 Å². The van der Waals surface area contributed by atoms with Crippen LogP contribution in [0.4, 0.5) is 5.69 Å². The van der Waals surface area contributed by atoms with Crippen molar-refractivity contribution >= 4 is 34.8 Å². The molecule has 3 aromatic rings. The molecule has 0 atom stereocenters. The maximum Gasteiger partial charge on any atom is 0.228 e. The number of hydrogen-bond donors (Lipinski definition) is 2. The lowest BCUT2D eigenvalue weighted by molar-refractivity contribution is -0.115. The zero-order chi connectivity index (χ0) is 21.0. The Morgan fingerprint density at radius 3 is 2.52 bits per heavy atom. The van der Waals surface area contributed by atoms with E-state index in [0.29, 0.717) is 17.2 Å². The van der Waals surface area contributed by atoms with Crippen molar-refractivity contribution in [2.75, 3.05) is 12.4 Å². The lowest BCUT2D eigenvalue weighted by Gasteiger charge is -2.16. The van der Waals surface area contributed by atoms with E-state index < -0.39 is 0 Å². The van der Waals surface area contributed by atoms with Gasteiger partial charge in [0.2, 0.25) is 5.91 Å². The Balaban J connectivity index is 1.77. The number of H-pyrrole nitrogens is 1. The highest BCUT2D eigenvalue weighted by atomic mass is 35.5. The average molecular weight is 434 g/mol. The van der Waals surface area contributed by atoms with Crippen LogP contribution in [-0.2, 0) is 11.2 Å². The lowest BCUT2D eigenvalue weighted by atomic mass is 10.0. The molecule has 3 rings (SSSR count). The van der Waals surface area contributed by atoms with Crippen LogP contribution in [0.5, 0.6) is 17.2 Å². The van der Waals surface area contributed by atoms with E-state index in [1.54, 1.807) is 37.7 Å². The van der Waals surface area contributed by atoms with Crippen LogP contribution in [0.15, 0.2) is 42.7 Å². The number of methoxy groups -OCH3 is 1. The molecule has 0 spiro atoms. The molecule has 152 valence electrons. The number of anilines is 1. The molecule has 0 aliphatic rings. The number of ether oxygens (including phenoxy) is 2. The second kappa shape index (κ2) is 9.20. The summed E-state index contributed by atoms with van der Waals surface area (Å²) in [5, 5.41) is 9.84. The van der Waals surface area contributed by atoms with E-state index in [-0.39, 0.29) is 28.3 Å². The number of nitrogens with zero attached hydrogens (tertiary/aromatic N) is 1. The molecule has 0 fully saturated rings. The van der Waals surface area contributed by atoms with Gasteiger partial charge in [0.15, 0.2) is 5.75 Å². The number of aromatic amines is 1. The summed E-state index contributed by atoms with van der Waals surface area (Å²) in [7, 11) is 1.63. The zero-order valence-corrected chi connectivity index (χ0v) is 17.8. The van der Waals surface area contributed by atoms with Gasteiger partial charge in [-0.1, -0.05) is 37.0 Å². The maximum absolute atomic E-state index is 12.2. The van der Waals surface area contributed by atoms with Crippen LogP contribution < -0.4 is 14.8 Å². The van der Waals surface area contributed by atoms with Crippen molar-refractivity contribution in [2.24, 2.45) is 0 Å². The van der Waals surface area contributed by atoms with Gasteiger partial charge < -0.3 is 14.8 Å². The van der Waals surface area contributed by atoms with Crippen molar-refractivity contribution in [3.8, 4) is 17.2 Å². The minimum Gasteiger partial charge on any atom is -0.496 e. The largest absolute Gasteiger partial charge is 0.496 e. The van der Waals surface area contributed by atoms with Gasteiger partial charge in [0.25, 0.3) is 0 Å². The first-order valence-electron chi connectivity index (χ1n) is 8.99. The van der Waals surface area contributed by atoms with E-state index in [2.05, 4.69) is 29.4 Å². The molecule has 2 N–H and O–H groups in total. The standard InChI is InChI=1S/C21H21Cl2N3O3/c1-12(2)16-9-15(4-5-19(16)28-3)29-21-17(22)7-14(8-18(21)23)26-20(27)6-13-10-24-25-11-13/h4-5,7-12H,6H2,1-3H3,(H,24,25)(H,26,27). The van der Waals surface area contributed by atoms with E-state index >= 15 is 0 Å². The fourth-order valence-corrected chi connectivity index (χ4v) is 3.40. The fraction of sp³-hybridized carbons (Fsp3) is 0.238. The van der Waals surface area contributed by atoms with Crippen LogP contribution in [-0.4, -0.2) is 23.2 Å². The average Bonchev–Trinajstić information content (AvgIpc) is 3.17. The van der Waals surface area contributed by atoms with Crippen molar-refractivity contribution in [3.63, 3.8) is 0 Å². The second-order valence-electron chi connectivity index (χ2n) is 6.76. The second-order valence-corrected chi connectivity index (χ2v) is 7.58. The van der Waals surface area contributed by atoms with E-state index in [1.165, 1.54) is 0 Å². The normalized spacial score (nSPS) is 10.8. The minimum atomic E-state index is -0.205. The first kappa shape index (κ1) is 21.0. The number of carbonyl (C=O) groups excluding carboxylic acids is 1. The van der Waals surface area contributed by atoms with Crippen LogP contribution in [0.1, 0.15) is 30.9 Å². The summed E-state index contributed by atoms with van der Waals surface area (Å²) in [6, 6.07) is 8.73. The first-order valence-corrected chi connectivity index (χ1v) is 9.75. The van der Waals surface area contributed by atoms with Gasteiger partial charge in [-0.3, -0.25) is 9.89 Å². The summed E-state index contributed by atoms with van der Waals surface area (Å²) in [6.07, 6.45) is 3.45. The SMILES string of the molecule is COc1ccc(Oc2c(Cl)cc(NC(=O)Cc3cn[nH]c3)cc2Cl)cc1C(C)C. The van der Waals surface area contributed by atoms with Crippen molar-refractivity contribution in [1.29, 1.82) is 0 Å². The van der Waals surface area contributed by atoms with E-state index in [4.69, 9.17) is 32.7 Å². The van der Waals surface area contributed by atoms with Crippen molar-refractivity contribution in [2.45, 2.75) is 26.2 Å². The molecular formula is C21H21Cl2N3O3. The summed E-state index contributed by atoms with van der Waals surface area (Å²) in [4.78, 5) is 12.2. The van der Waals surface area contributed by atoms with Gasteiger partial charge in [-0.2, -0.15) is 5.10 Å². The molecule has 29 heavy (non-hydrogen) atoms. The highest BCUT2D eigenvalue weighted by Crippen LogP contribution is 2.40. The van der Waals surface area contributed by atoms with Gasteiger partial charge in [0.1, 0.15) is 11.5 Å². The summed E-state index contributed by atoms with van der Waals surface area (Å²) in [6.45, 7) is 4.14. The molecule has 0 saturated carbocycles. The lowest BCUT2D eigenvalue weighted by Crippen LogP contribution is -2.14. The van der Waals surface area contributed by atoms with Gasteiger partial charge in [-0.05, 0) is 41.8 Å². The minimum absolute atomic E-state index is 0.188. The predicted molar refractivity (Wildman–Crippen MR) is 115 cm³/mol. The van der Waals surface area contributed by atoms with Gasteiger partial charge in [0, 0.05) is 17.4 Å². The third kappa shape index (κ3) is 5.22. The molecule has 0 bridgehead atoms. The Morgan fingerprint density at radius 1 is 1.21 bits per heavy atom. The Hall–Kier alpha value is -2.70. The number of rotatable bonds is 7. The number of carbonyl (C=O) groups is 1. The number of aromatic nitrogens is 2. The first-order chi connectivity index (χ1) is 13.9. The smallest absolute Gasteiger partial charge is 0.228 e. The molecule has 0 aliphatic carbocycles. The number of hydrogen-bond acceptors (Lipinski definition) is 4. The van der Waals surface area contributed by atoms with Gasteiger partial charge in [0.05, 0.1) is 29.8 Å². The molecule has 1 aromatic heterocycles. The Kier molecular flexibility index (Phi) is 6.67. The van der Waals surface area contributed by atoms with E-state index in [0.717, 1.165) is 16.9 Å². The molecule has 0 saturated heterocycles. The molecule has 0 unspecified atom stereocenters. The summed E-state index contributed by atoms with van der Waals surface area (Å²) in [5.41, 5.74) is 2.28. The molecule has 6 nitrogen and oxygen atoms in total.